The molecule has 1 saturated heterocycles. The molecule has 0 bridgehead atoms. The van der Waals surface area contributed by atoms with Crippen molar-refractivity contribution in [2.24, 2.45) is 5.92 Å². The van der Waals surface area contributed by atoms with Crippen molar-refractivity contribution in [3.63, 3.8) is 0 Å². The summed E-state index contributed by atoms with van der Waals surface area (Å²) in [6.07, 6.45) is 2.62. The minimum Gasteiger partial charge on any atom is -0.300 e. The van der Waals surface area contributed by atoms with Crippen LogP contribution in [-0.2, 0) is 0 Å². The van der Waals surface area contributed by atoms with E-state index in [1.165, 1.54) is 45.6 Å². The molecule has 0 amide bonds. The van der Waals surface area contributed by atoms with Crippen molar-refractivity contribution in [2.75, 3.05) is 38.5 Å². The smallest absolute Gasteiger partial charge is 0.0113 e. The molecule has 0 aromatic rings. The van der Waals surface area contributed by atoms with Crippen molar-refractivity contribution < 1.29 is 0 Å². The first kappa shape index (κ1) is 14.3. The summed E-state index contributed by atoms with van der Waals surface area (Å²) in [5, 5.41) is 0. The van der Waals surface area contributed by atoms with Gasteiger partial charge in [-0.25, -0.2) is 0 Å². The third-order valence-electron chi connectivity index (χ3n) is 3.61. The van der Waals surface area contributed by atoms with Gasteiger partial charge in [-0.2, -0.15) is 12.6 Å². The largest absolute Gasteiger partial charge is 0.300 e. The zero-order valence-corrected chi connectivity index (χ0v) is 12.0. The predicted molar refractivity (Wildman–Crippen MR) is 75.4 cm³/mol. The molecule has 1 unspecified atom stereocenters. The van der Waals surface area contributed by atoms with Gasteiger partial charge in [-0.05, 0) is 31.9 Å². The molecule has 0 aliphatic carbocycles. The molecule has 0 aromatic carbocycles. The van der Waals surface area contributed by atoms with Gasteiger partial charge in [0.05, 0.1) is 0 Å². The Morgan fingerprint density at radius 1 is 1.12 bits per heavy atom. The van der Waals surface area contributed by atoms with E-state index in [4.69, 9.17) is 0 Å². The number of nitrogens with zero attached hydrogens (tertiary/aromatic N) is 2. The highest BCUT2D eigenvalue weighted by Crippen LogP contribution is 2.13. The van der Waals surface area contributed by atoms with Crippen LogP contribution in [0.15, 0.2) is 0 Å². The molecule has 0 spiro atoms. The van der Waals surface area contributed by atoms with Gasteiger partial charge in [-0.15, -0.1) is 0 Å². The maximum Gasteiger partial charge on any atom is 0.0113 e. The van der Waals surface area contributed by atoms with Crippen molar-refractivity contribution in [2.45, 2.75) is 39.7 Å². The van der Waals surface area contributed by atoms with Crippen LogP contribution in [0.3, 0.4) is 0 Å². The summed E-state index contributed by atoms with van der Waals surface area (Å²) in [7, 11) is 0. The molecular weight excluding hydrogens is 216 g/mol. The maximum atomic E-state index is 4.46. The lowest BCUT2D eigenvalue weighted by Crippen LogP contribution is -2.50. The molecule has 96 valence electrons. The van der Waals surface area contributed by atoms with E-state index in [-0.39, 0.29) is 0 Å². The molecule has 0 aromatic heterocycles. The van der Waals surface area contributed by atoms with Gasteiger partial charge in [0.25, 0.3) is 0 Å². The number of rotatable bonds is 6. The molecule has 0 saturated carbocycles. The first-order valence-corrected chi connectivity index (χ1v) is 7.37. The topological polar surface area (TPSA) is 6.48 Å². The minimum atomic E-state index is 0.707. The third-order valence-corrected chi connectivity index (χ3v) is 4.13. The molecule has 0 radical (unpaired) electrons. The molecule has 16 heavy (non-hydrogen) atoms. The van der Waals surface area contributed by atoms with E-state index < -0.39 is 0 Å². The molecule has 1 rings (SSSR count). The Morgan fingerprint density at radius 2 is 1.75 bits per heavy atom. The lowest BCUT2D eigenvalue weighted by Gasteiger charge is -2.38. The number of piperazine rings is 1. The molecule has 1 atom stereocenters. The Bertz CT molecular complexity index is 177. The Hall–Kier alpha value is 0.270. The summed E-state index contributed by atoms with van der Waals surface area (Å²) in [6.45, 7) is 13.1. The average Bonchev–Trinajstić information content (AvgIpc) is 2.29. The van der Waals surface area contributed by atoms with Crippen LogP contribution in [-0.4, -0.2) is 54.3 Å². The van der Waals surface area contributed by atoms with E-state index in [0.717, 1.165) is 11.7 Å². The zero-order chi connectivity index (χ0) is 12.0. The van der Waals surface area contributed by atoms with Crippen molar-refractivity contribution >= 4 is 12.6 Å². The summed E-state index contributed by atoms with van der Waals surface area (Å²) in [4.78, 5) is 5.20. The molecule has 1 fully saturated rings. The third kappa shape index (κ3) is 4.64. The highest BCUT2D eigenvalue weighted by Gasteiger charge is 2.20. The molecular formula is C13H28N2S. The fourth-order valence-electron chi connectivity index (χ4n) is 2.48. The van der Waals surface area contributed by atoms with Gasteiger partial charge in [0.15, 0.2) is 0 Å². The number of hydrogen-bond acceptors (Lipinski definition) is 3. The fourth-order valence-corrected chi connectivity index (χ4v) is 2.77. The highest BCUT2D eigenvalue weighted by molar-refractivity contribution is 7.80. The van der Waals surface area contributed by atoms with Gasteiger partial charge in [-0.1, -0.05) is 13.3 Å². The normalized spacial score (nSPS) is 21.6. The Labute approximate surface area is 107 Å². The summed E-state index contributed by atoms with van der Waals surface area (Å²) < 4.78 is 0. The summed E-state index contributed by atoms with van der Waals surface area (Å²) in [5.41, 5.74) is 0. The molecule has 2 nitrogen and oxygen atoms in total. The zero-order valence-electron chi connectivity index (χ0n) is 11.2. The monoisotopic (exact) mass is 244 g/mol. The lowest BCUT2D eigenvalue weighted by molar-refractivity contribution is 0.0981. The quantitative estimate of drug-likeness (QED) is 0.717. The minimum absolute atomic E-state index is 0.707. The molecule has 1 aliphatic heterocycles. The molecule has 0 N–H and O–H groups in total. The standard InChI is InChI=1S/C13H28N2S/c1-4-5-13(11-16)10-14-6-8-15(9-7-14)12(2)3/h12-13,16H,4-11H2,1-3H3. The van der Waals surface area contributed by atoms with E-state index in [1.54, 1.807) is 0 Å². The van der Waals surface area contributed by atoms with Crippen molar-refractivity contribution in [1.29, 1.82) is 0 Å². The summed E-state index contributed by atoms with van der Waals surface area (Å²) in [5.74, 6) is 1.83. The van der Waals surface area contributed by atoms with Gasteiger partial charge in [0.1, 0.15) is 0 Å². The fraction of sp³-hybridized carbons (Fsp3) is 1.00. The Morgan fingerprint density at radius 3 is 2.19 bits per heavy atom. The van der Waals surface area contributed by atoms with Gasteiger partial charge < -0.3 is 4.90 Å². The first-order chi connectivity index (χ1) is 7.67. The predicted octanol–water partition coefficient (Wildman–Crippen LogP) is 2.36. The molecule has 1 heterocycles. The second-order valence-corrected chi connectivity index (χ2v) is 5.63. The Kier molecular flexibility index (Phi) is 6.78. The van der Waals surface area contributed by atoms with Crippen LogP contribution in [0.2, 0.25) is 0 Å². The van der Waals surface area contributed by atoms with Crippen molar-refractivity contribution in [3.8, 4) is 0 Å². The van der Waals surface area contributed by atoms with E-state index in [0.29, 0.717) is 6.04 Å². The number of thiol groups is 1. The van der Waals surface area contributed by atoms with Gasteiger partial charge in [-0.3, -0.25) is 4.90 Å². The first-order valence-electron chi connectivity index (χ1n) is 6.74. The van der Waals surface area contributed by atoms with E-state index in [9.17, 15) is 0 Å². The Balaban J connectivity index is 2.25. The number of hydrogen-bond donors (Lipinski definition) is 1. The van der Waals surface area contributed by atoms with Gasteiger partial charge in [0.2, 0.25) is 0 Å². The maximum absolute atomic E-state index is 4.46. The van der Waals surface area contributed by atoms with Crippen molar-refractivity contribution in [1.82, 2.24) is 9.80 Å². The van der Waals surface area contributed by atoms with Crippen LogP contribution in [0.1, 0.15) is 33.6 Å². The van der Waals surface area contributed by atoms with Crippen LogP contribution in [0.25, 0.3) is 0 Å². The average molecular weight is 244 g/mol. The second kappa shape index (κ2) is 7.57. The SMILES string of the molecule is CCCC(CS)CN1CCN(C(C)C)CC1. The van der Waals surface area contributed by atoms with E-state index in [2.05, 4.69) is 43.2 Å². The summed E-state index contributed by atoms with van der Waals surface area (Å²) in [6, 6.07) is 0.707. The van der Waals surface area contributed by atoms with Gasteiger partial charge in [0, 0.05) is 38.8 Å². The second-order valence-electron chi connectivity index (χ2n) is 5.27. The van der Waals surface area contributed by atoms with Crippen LogP contribution in [0.4, 0.5) is 0 Å². The lowest BCUT2D eigenvalue weighted by atomic mass is 10.0. The van der Waals surface area contributed by atoms with E-state index >= 15 is 0 Å². The molecule has 1 aliphatic rings. The van der Waals surface area contributed by atoms with Crippen LogP contribution >= 0.6 is 12.6 Å². The molecule has 3 heteroatoms. The summed E-state index contributed by atoms with van der Waals surface area (Å²) >= 11 is 4.46. The highest BCUT2D eigenvalue weighted by atomic mass is 32.1. The van der Waals surface area contributed by atoms with Crippen molar-refractivity contribution in [3.05, 3.63) is 0 Å². The van der Waals surface area contributed by atoms with Crippen LogP contribution in [0, 0.1) is 5.92 Å². The van der Waals surface area contributed by atoms with Crippen LogP contribution in [0.5, 0.6) is 0 Å². The van der Waals surface area contributed by atoms with Crippen LogP contribution < -0.4 is 0 Å². The van der Waals surface area contributed by atoms with Gasteiger partial charge >= 0.3 is 0 Å². The van der Waals surface area contributed by atoms with E-state index in [1.807, 2.05) is 0 Å².